The minimum atomic E-state index is -4.43. The maximum atomic E-state index is 12.9. The summed E-state index contributed by atoms with van der Waals surface area (Å²) in [7, 11) is 0. The molecule has 1 aromatic carbocycles. The first-order valence-corrected chi connectivity index (χ1v) is 8.47. The third kappa shape index (κ3) is 5.81. The van der Waals surface area contributed by atoms with Crippen LogP contribution in [0.2, 0.25) is 0 Å². The Morgan fingerprint density at radius 1 is 1.12 bits per heavy atom. The number of unbranched alkanes of at least 4 members (excludes halogenated alkanes) is 1. The van der Waals surface area contributed by atoms with Crippen molar-refractivity contribution in [1.82, 2.24) is 9.97 Å². The summed E-state index contributed by atoms with van der Waals surface area (Å²) in [5.74, 6) is -0.0539. The summed E-state index contributed by atoms with van der Waals surface area (Å²) in [4.78, 5) is 8.18. The van der Waals surface area contributed by atoms with Gasteiger partial charge in [0.15, 0.2) is 0 Å². The van der Waals surface area contributed by atoms with E-state index in [-0.39, 0.29) is 5.82 Å². The normalized spacial score (nSPS) is 11.3. The summed E-state index contributed by atoms with van der Waals surface area (Å²) in [6.45, 7) is 3.37. The van der Waals surface area contributed by atoms with Crippen molar-refractivity contribution in [2.24, 2.45) is 0 Å². The van der Waals surface area contributed by atoms with Crippen LogP contribution in [0, 0.1) is 11.3 Å². The molecule has 0 saturated heterocycles. The molecular weight excluding hydrogens is 343 g/mol. The number of alkyl halides is 3. The van der Waals surface area contributed by atoms with Crippen LogP contribution >= 0.6 is 0 Å². The SMILES string of the molecule is CCCCOCCCc1cc(-c2cccc(C(F)(F)F)c2)nc(C#N)n1. The first-order chi connectivity index (χ1) is 12.4. The Labute approximate surface area is 150 Å². The molecule has 4 nitrogen and oxygen atoms in total. The van der Waals surface area contributed by atoms with E-state index in [4.69, 9.17) is 10.00 Å². The lowest BCUT2D eigenvalue weighted by Crippen LogP contribution is -2.05. The molecule has 0 fully saturated rings. The van der Waals surface area contributed by atoms with Gasteiger partial charge in [0.2, 0.25) is 5.82 Å². The molecule has 138 valence electrons. The predicted molar refractivity (Wildman–Crippen MR) is 91.2 cm³/mol. The summed E-state index contributed by atoms with van der Waals surface area (Å²) >= 11 is 0. The highest BCUT2D eigenvalue weighted by molar-refractivity contribution is 5.61. The van der Waals surface area contributed by atoms with Crippen LogP contribution in [0.1, 0.15) is 43.3 Å². The number of aryl methyl sites for hydroxylation is 1. The molecule has 0 unspecified atom stereocenters. The van der Waals surface area contributed by atoms with Gasteiger partial charge in [-0.3, -0.25) is 0 Å². The van der Waals surface area contributed by atoms with Crippen molar-refractivity contribution in [2.75, 3.05) is 13.2 Å². The third-order valence-electron chi connectivity index (χ3n) is 3.73. The van der Waals surface area contributed by atoms with Crippen LogP contribution in [0.5, 0.6) is 0 Å². The number of nitriles is 1. The van der Waals surface area contributed by atoms with E-state index in [1.807, 2.05) is 6.07 Å². The Morgan fingerprint density at radius 2 is 1.88 bits per heavy atom. The van der Waals surface area contributed by atoms with Gasteiger partial charge in [-0.1, -0.05) is 25.5 Å². The molecule has 1 heterocycles. The molecule has 0 saturated carbocycles. The van der Waals surface area contributed by atoms with Crippen LogP contribution in [0.15, 0.2) is 30.3 Å². The fourth-order valence-corrected chi connectivity index (χ4v) is 2.38. The lowest BCUT2D eigenvalue weighted by molar-refractivity contribution is -0.137. The molecular formula is C19H20F3N3O. The topological polar surface area (TPSA) is 58.8 Å². The van der Waals surface area contributed by atoms with Gasteiger partial charge in [-0.2, -0.15) is 18.4 Å². The minimum Gasteiger partial charge on any atom is -0.381 e. The molecule has 0 bridgehead atoms. The molecule has 0 atom stereocenters. The molecule has 0 radical (unpaired) electrons. The molecule has 26 heavy (non-hydrogen) atoms. The Kier molecular flexibility index (Phi) is 7.10. The fraction of sp³-hybridized carbons (Fsp3) is 0.421. The van der Waals surface area contributed by atoms with Crippen molar-refractivity contribution in [1.29, 1.82) is 5.26 Å². The number of ether oxygens (including phenoxy) is 1. The Morgan fingerprint density at radius 3 is 2.58 bits per heavy atom. The molecule has 0 aliphatic rings. The van der Waals surface area contributed by atoms with Crippen molar-refractivity contribution in [3.8, 4) is 17.3 Å². The highest BCUT2D eigenvalue weighted by Gasteiger charge is 2.30. The summed E-state index contributed by atoms with van der Waals surface area (Å²) in [5.41, 5.74) is 0.477. The van der Waals surface area contributed by atoms with Crippen LogP contribution in [0.4, 0.5) is 13.2 Å². The van der Waals surface area contributed by atoms with Crippen LogP contribution < -0.4 is 0 Å². The smallest absolute Gasteiger partial charge is 0.381 e. The van der Waals surface area contributed by atoms with Gasteiger partial charge < -0.3 is 4.74 Å². The zero-order valence-corrected chi connectivity index (χ0v) is 14.5. The first-order valence-electron chi connectivity index (χ1n) is 8.47. The van der Waals surface area contributed by atoms with Gasteiger partial charge in [-0.25, -0.2) is 9.97 Å². The maximum absolute atomic E-state index is 12.9. The monoisotopic (exact) mass is 363 g/mol. The summed E-state index contributed by atoms with van der Waals surface area (Å²) in [6, 6.07) is 8.39. The van der Waals surface area contributed by atoms with E-state index >= 15 is 0 Å². The summed E-state index contributed by atoms with van der Waals surface area (Å²) in [6.07, 6.45) is -1.08. The first kappa shape index (κ1) is 19.9. The van der Waals surface area contributed by atoms with E-state index in [0.717, 1.165) is 25.0 Å². The van der Waals surface area contributed by atoms with Gasteiger partial charge in [0.25, 0.3) is 0 Å². The van der Waals surface area contributed by atoms with Gasteiger partial charge in [-0.05, 0) is 37.5 Å². The maximum Gasteiger partial charge on any atom is 0.416 e. The fourth-order valence-electron chi connectivity index (χ4n) is 2.38. The highest BCUT2D eigenvalue weighted by Crippen LogP contribution is 2.31. The zero-order valence-electron chi connectivity index (χ0n) is 14.5. The predicted octanol–water partition coefficient (Wildman–Crippen LogP) is 4.78. The van der Waals surface area contributed by atoms with Crippen molar-refractivity contribution in [3.63, 3.8) is 0 Å². The number of nitrogens with zero attached hydrogens (tertiary/aromatic N) is 3. The van der Waals surface area contributed by atoms with Gasteiger partial charge in [0.05, 0.1) is 11.3 Å². The van der Waals surface area contributed by atoms with E-state index < -0.39 is 11.7 Å². The molecule has 0 amide bonds. The van der Waals surface area contributed by atoms with E-state index in [0.29, 0.717) is 43.0 Å². The number of hydrogen-bond acceptors (Lipinski definition) is 4. The van der Waals surface area contributed by atoms with Crippen LogP contribution in [0.3, 0.4) is 0 Å². The number of rotatable bonds is 8. The molecule has 2 rings (SSSR count). The second kappa shape index (κ2) is 9.30. The lowest BCUT2D eigenvalue weighted by Gasteiger charge is -2.09. The second-order valence-electron chi connectivity index (χ2n) is 5.83. The zero-order chi connectivity index (χ0) is 19.0. The average molecular weight is 363 g/mol. The Bertz CT molecular complexity index is 769. The van der Waals surface area contributed by atoms with Crippen LogP contribution in [-0.2, 0) is 17.3 Å². The van der Waals surface area contributed by atoms with Crippen LogP contribution in [-0.4, -0.2) is 23.2 Å². The number of hydrogen-bond donors (Lipinski definition) is 0. The van der Waals surface area contributed by atoms with Crippen molar-refractivity contribution in [2.45, 2.75) is 38.8 Å². The number of halogens is 3. The van der Waals surface area contributed by atoms with Crippen molar-refractivity contribution in [3.05, 3.63) is 47.4 Å². The molecule has 0 N–H and O–H groups in total. The average Bonchev–Trinajstić information content (AvgIpc) is 2.63. The lowest BCUT2D eigenvalue weighted by atomic mass is 10.1. The molecule has 0 aliphatic heterocycles. The van der Waals surface area contributed by atoms with Gasteiger partial charge in [0, 0.05) is 24.5 Å². The quantitative estimate of drug-likeness (QED) is 0.633. The third-order valence-corrected chi connectivity index (χ3v) is 3.73. The van der Waals surface area contributed by atoms with Crippen LogP contribution in [0.25, 0.3) is 11.3 Å². The summed E-state index contributed by atoms with van der Waals surface area (Å²) < 4.78 is 44.2. The largest absolute Gasteiger partial charge is 0.416 e. The van der Waals surface area contributed by atoms with E-state index in [2.05, 4.69) is 16.9 Å². The molecule has 1 aromatic heterocycles. The minimum absolute atomic E-state index is 0.0539. The Balaban J connectivity index is 2.16. The Hall–Kier alpha value is -2.46. The van der Waals surface area contributed by atoms with Crippen molar-refractivity contribution >= 4 is 0 Å². The standard InChI is InChI=1S/C19H20F3N3O/c1-2-3-9-26-10-5-8-16-12-17(25-18(13-23)24-16)14-6-4-7-15(11-14)19(20,21)22/h4,6-7,11-12H,2-3,5,8-10H2,1H3. The van der Waals surface area contributed by atoms with E-state index in [1.165, 1.54) is 12.1 Å². The molecule has 0 spiro atoms. The summed E-state index contributed by atoms with van der Waals surface area (Å²) in [5, 5.41) is 9.11. The molecule has 0 aliphatic carbocycles. The molecule has 2 aromatic rings. The van der Waals surface area contributed by atoms with E-state index in [1.54, 1.807) is 6.07 Å². The van der Waals surface area contributed by atoms with Crippen molar-refractivity contribution < 1.29 is 17.9 Å². The number of benzene rings is 1. The number of aromatic nitrogens is 2. The van der Waals surface area contributed by atoms with E-state index in [9.17, 15) is 13.2 Å². The van der Waals surface area contributed by atoms with Gasteiger partial charge >= 0.3 is 6.18 Å². The molecule has 7 heteroatoms. The van der Waals surface area contributed by atoms with Gasteiger partial charge in [-0.15, -0.1) is 0 Å². The second-order valence-corrected chi connectivity index (χ2v) is 5.83. The van der Waals surface area contributed by atoms with Gasteiger partial charge in [0.1, 0.15) is 6.07 Å². The highest BCUT2D eigenvalue weighted by atomic mass is 19.4.